The third-order valence-corrected chi connectivity index (χ3v) is 5.35. The van der Waals surface area contributed by atoms with Crippen molar-refractivity contribution in [3.63, 3.8) is 0 Å². The lowest BCUT2D eigenvalue weighted by Gasteiger charge is -2.34. The fourth-order valence-corrected chi connectivity index (χ4v) is 3.79. The van der Waals surface area contributed by atoms with Gasteiger partial charge < -0.3 is 9.47 Å². The Morgan fingerprint density at radius 1 is 1.29 bits per heavy atom. The Morgan fingerprint density at radius 3 is 2.48 bits per heavy atom. The topological polar surface area (TPSA) is 72.8 Å². The maximum absolute atomic E-state index is 12.0. The van der Waals surface area contributed by atoms with Crippen LogP contribution in [0.2, 0.25) is 0 Å². The number of ether oxygens (including phenoxy) is 2. The smallest absolute Gasteiger partial charge is 0.300 e. The molecule has 2 unspecified atom stereocenters. The van der Waals surface area contributed by atoms with Crippen LogP contribution in [0.4, 0.5) is 0 Å². The highest BCUT2D eigenvalue weighted by Crippen LogP contribution is 2.42. The van der Waals surface area contributed by atoms with E-state index >= 15 is 0 Å². The maximum atomic E-state index is 12.0. The zero-order valence-corrected chi connectivity index (χ0v) is 13.7. The molecule has 2 rings (SSSR count). The molecule has 114 valence electrons. The molecule has 1 aliphatic rings. The van der Waals surface area contributed by atoms with Gasteiger partial charge in [-0.1, -0.05) is 30.3 Å². The molecule has 0 spiro atoms. The van der Waals surface area contributed by atoms with Crippen molar-refractivity contribution in [3.8, 4) is 0 Å². The van der Waals surface area contributed by atoms with Crippen LogP contribution in [0, 0.1) is 0 Å². The van der Waals surface area contributed by atoms with Crippen LogP contribution >= 0.6 is 9.24 Å². The number of benzene rings is 1. The average molecular weight is 328 g/mol. The summed E-state index contributed by atoms with van der Waals surface area (Å²) in [5.74, 6) is 0.343. The molecule has 21 heavy (non-hydrogen) atoms. The van der Waals surface area contributed by atoms with E-state index in [9.17, 15) is 13.0 Å². The first-order chi connectivity index (χ1) is 9.87. The van der Waals surface area contributed by atoms with Crippen molar-refractivity contribution in [1.82, 2.24) is 0 Å². The molecule has 0 saturated heterocycles. The molecule has 0 amide bonds. The normalized spacial score (nSPS) is 22.5. The standard InChI is InChI=1S/C14H17O5PS/c1-18-11-7-5-9-14(19-2,21(15,16)17)13(11)10-6-3-4-8-12(10)20/h3-8H,9,20H2,1-2H3,(H,15,16,17). The average Bonchev–Trinajstić information content (AvgIpc) is 2.45. The van der Waals surface area contributed by atoms with E-state index < -0.39 is 15.1 Å². The summed E-state index contributed by atoms with van der Waals surface area (Å²) in [5.41, 5.74) is 0.922. The lowest BCUT2D eigenvalue weighted by molar-refractivity contribution is 0.0987. The number of allylic oxidation sites excluding steroid dienone is 1. The largest absolute Gasteiger partial charge is 0.496 e. The van der Waals surface area contributed by atoms with Crippen LogP contribution in [0.25, 0.3) is 5.57 Å². The SMILES string of the molecule is COC1=C(c2ccccc2P)C(OC)(S(=O)(=O)O)CC=C1. The summed E-state index contributed by atoms with van der Waals surface area (Å²) in [6, 6.07) is 7.20. The molecule has 1 aromatic carbocycles. The van der Waals surface area contributed by atoms with Crippen molar-refractivity contribution in [1.29, 1.82) is 0 Å². The summed E-state index contributed by atoms with van der Waals surface area (Å²) >= 11 is 0. The van der Waals surface area contributed by atoms with Gasteiger partial charge in [0.15, 0.2) is 0 Å². The van der Waals surface area contributed by atoms with Gasteiger partial charge in [-0.15, -0.1) is 9.24 Å². The zero-order valence-electron chi connectivity index (χ0n) is 11.7. The number of rotatable bonds is 4. The predicted octanol–water partition coefficient (Wildman–Crippen LogP) is 1.73. The van der Waals surface area contributed by atoms with E-state index in [-0.39, 0.29) is 6.42 Å². The van der Waals surface area contributed by atoms with Gasteiger partial charge in [0.25, 0.3) is 10.1 Å². The first-order valence-electron chi connectivity index (χ1n) is 6.19. The Hall–Kier alpha value is -1.20. The van der Waals surface area contributed by atoms with Crippen molar-refractivity contribution < 1.29 is 22.4 Å². The second-order valence-corrected chi connectivity index (χ2v) is 6.80. The number of hydrogen-bond acceptors (Lipinski definition) is 4. The van der Waals surface area contributed by atoms with Gasteiger partial charge in [0.2, 0.25) is 4.93 Å². The van der Waals surface area contributed by atoms with Crippen LogP contribution in [-0.4, -0.2) is 32.1 Å². The second kappa shape index (κ2) is 5.89. The Kier molecular flexibility index (Phi) is 4.54. The van der Waals surface area contributed by atoms with Crippen molar-refractivity contribution >= 4 is 30.2 Å². The van der Waals surface area contributed by atoms with E-state index in [2.05, 4.69) is 9.24 Å². The van der Waals surface area contributed by atoms with E-state index in [4.69, 9.17) is 9.47 Å². The molecule has 0 aliphatic heterocycles. The van der Waals surface area contributed by atoms with Crippen molar-refractivity contribution in [2.24, 2.45) is 0 Å². The van der Waals surface area contributed by atoms with Gasteiger partial charge in [-0.05, 0) is 16.9 Å². The highest BCUT2D eigenvalue weighted by molar-refractivity contribution is 7.87. The summed E-state index contributed by atoms with van der Waals surface area (Å²) in [5, 5.41) is 0.780. The Labute approximate surface area is 126 Å². The maximum Gasteiger partial charge on any atom is 0.300 e. The number of hydrogen-bond donors (Lipinski definition) is 1. The molecule has 0 aromatic heterocycles. The molecule has 7 heteroatoms. The van der Waals surface area contributed by atoms with Gasteiger partial charge in [-0.25, -0.2) is 0 Å². The van der Waals surface area contributed by atoms with E-state index in [1.165, 1.54) is 14.2 Å². The van der Waals surface area contributed by atoms with Gasteiger partial charge in [0.05, 0.1) is 12.7 Å². The summed E-state index contributed by atoms with van der Waals surface area (Å²) in [7, 11) is 0.725. The quantitative estimate of drug-likeness (QED) is 0.673. The molecule has 0 radical (unpaired) electrons. The van der Waals surface area contributed by atoms with Crippen molar-refractivity contribution in [2.75, 3.05) is 14.2 Å². The minimum atomic E-state index is -4.52. The minimum Gasteiger partial charge on any atom is -0.496 e. The second-order valence-electron chi connectivity index (χ2n) is 4.57. The van der Waals surface area contributed by atoms with Crippen molar-refractivity contribution in [2.45, 2.75) is 11.4 Å². The van der Waals surface area contributed by atoms with Crippen LogP contribution in [0.15, 0.2) is 42.2 Å². The molecule has 2 atom stereocenters. The minimum absolute atomic E-state index is 0.00350. The Balaban J connectivity index is 2.83. The summed E-state index contributed by atoms with van der Waals surface area (Å²) in [4.78, 5) is -1.88. The van der Waals surface area contributed by atoms with Gasteiger partial charge in [-0.2, -0.15) is 8.42 Å². The summed E-state index contributed by atoms with van der Waals surface area (Å²) in [6.45, 7) is 0. The van der Waals surface area contributed by atoms with Crippen molar-refractivity contribution in [3.05, 3.63) is 47.7 Å². The van der Waals surface area contributed by atoms with E-state index in [1.54, 1.807) is 24.3 Å². The molecule has 1 aromatic rings. The fraction of sp³-hybridized carbons (Fsp3) is 0.286. The highest BCUT2D eigenvalue weighted by atomic mass is 32.2. The van der Waals surface area contributed by atoms with Gasteiger partial charge in [-0.3, -0.25) is 4.55 Å². The van der Waals surface area contributed by atoms with Crippen LogP contribution in [0.1, 0.15) is 12.0 Å². The molecule has 0 saturated carbocycles. The molecular weight excluding hydrogens is 311 g/mol. The van der Waals surface area contributed by atoms with Crippen LogP contribution in [-0.2, 0) is 19.6 Å². The van der Waals surface area contributed by atoms with Crippen LogP contribution in [0.3, 0.4) is 0 Å². The third kappa shape index (κ3) is 2.64. The lowest BCUT2D eigenvalue weighted by atomic mass is 9.92. The Morgan fingerprint density at radius 2 is 1.95 bits per heavy atom. The molecule has 1 N–H and O–H groups in total. The van der Waals surface area contributed by atoms with E-state index in [0.29, 0.717) is 16.9 Å². The highest BCUT2D eigenvalue weighted by Gasteiger charge is 2.50. The van der Waals surface area contributed by atoms with Crippen LogP contribution < -0.4 is 5.30 Å². The van der Waals surface area contributed by atoms with E-state index in [1.807, 2.05) is 12.1 Å². The monoisotopic (exact) mass is 328 g/mol. The third-order valence-electron chi connectivity index (χ3n) is 3.48. The first kappa shape index (κ1) is 16.2. The summed E-state index contributed by atoms with van der Waals surface area (Å²) in [6.07, 6.45) is 3.28. The fourth-order valence-electron chi connectivity index (χ4n) is 2.45. The molecule has 0 fully saturated rings. The lowest BCUT2D eigenvalue weighted by Crippen LogP contribution is -2.43. The Bertz CT molecular complexity index is 708. The zero-order chi connectivity index (χ0) is 15.7. The predicted molar refractivity (Wildman–Crippen MR) is 84.8 cm³/mol. The van der Waals surface area contributed by atoms with Gasteiger partial charge >= 0.3 is 0 Å². The van der Waals surface area contributed by atoms with Gasteiger partial charge in [0.1, 0.15) is 5.76 Å². The van der Waals surface area contributed by atoms with Gasteiger partial charge in [0, 0.05) is 13.5 Å². The molecule has 1 aliphatic carbocycles. The van der Waals surface area contributed by atoms with Crippen LogP contribution in [0.5, 0.6) is 0 Å². The molecule has 0 heterocycles. The molecule has 0 bridgehead atoms. The molecule has 5 nitrogen and oxygen atoms in total. The number of methoxy groups -OCH3 is 2. The molecular formula is C14H17O5PS. The first-order valence-corrected chi connectivity index (χ1v) is 8.21. The summed E-state index contributed by atoms with van der Waals surface area (Å²) < 4.78 is 44.3. The van der Waals surface area contributed by atoms with E-state index in [0.717, 1.165) is 5.30 Å².